The first-order chi connectivity index (χ1) is 9.79. The zero-order valence-corrected chi connectivity index (χ0v) is 11.3. The molecule has 0 radical (unpaired) electrons. The molecule has 0 saturated heterocycles. The van der Waals surface area contributed by atoms with Gasteiger partial charge in [0.15, 0.2) is 6.61 Å². The first-order valence-electron chi connectivity index (χ1n) is 6.39. The fourth-order valence-corrected chi connectivity index (χ4v) is 1.77. The van der Waals surface area contributed by atoms with Crippen LogP contribution in [0.15, 0.2) is 42.6 Å². The Balaban J connectivity index is 1.89. The van der Waals surface area contributed by atoms with Crippen molar-refractivity contribution in [1.29, 1.82) is 5.26 Å². The summed E-state index contributed by atoms with van der Waals surface area (Å²) in [6, 6.07) is 13.7. The molecule has 0 spiro atoms. The van der Waals surface area contributed by atoms with Gasteiger partial charge in [0.25, 0.3) is 0 Å². The van der Waals surface area contributed by atoms with Gasteiger partial charge >= 0.3 is 0 Å². The van der Waals surface area contributed by atoms with E-state index < -0.39 is 0 Å². The summed E-state index contributed by atoms with van der Waals surface area (Å²) >= 11 is 0. The summed E-state index contributed by atoms with van der Waals surface area (Å²) in [5.41, 5.74) is 2.06. The van der Waals surface area contributed by atoms with Crippen molar-refractivity contribution in [2.75, 3.05) is 6.61 Å². The second-order valence-corrected chi connectivity index (χ2v) is 4.33. The molecule has 0 aliphatic rings. The highest BCUT2D eigenvalue weighted by Crippen LogP contribution is 2.17. The molecule has 0 aliphatic carbocycles. The first-order valence-corrected chi connectivity index (χ1v) is 6.39. The fourth-order valence-electron chi connectivity index (χ4n) is 1.77. The van der Waals surface area contributed by atoms with Crippen molar-refractivity contribution in [1.82, 2.24) is 15.5 Å². The topological polar surface area (TPSA) is 70.8 Å². The van der Waals surface area contributed by atoms with Crippen LogP contribution in [-0.2, 0) is 6.54 Å². The summed E-state index contributed by atoms with van der Waals surface area (Å²) in [5, 5.41) is 19.7. The molecular weight excluding hydrogens is 252 g/mol. The van der Waals surface area contributed by atoms with Crippen molar-refractivity contribution in [3.63, 3.8) is 0 Å². The van der Waals surface area contributed by atoms with Gasteiger partial charge < -0.3 is 10.1 Å². The number of hydrogen-bond donors (Lipinski definition) is 1. The maximum absolute atomic E-state index is 8.45. The van der Waals surface area contributed by atoms with Crippen molar-refractivity contribution >= 4 is 0 Å². The molecule has 0 saturated carbocycles. The minimum absolute atomic E-state index is 0.0693. The Morgan fingerprint density at radius 2 is 2.10 bits per heavy atom. The van der Waals surface area contributed by atoms with Crippen molar-refractivity contribution < 1.29 is 4.74 Å². The number of benzene rings is 1. The Morgan fingerprint density at radius 1 is 1.30 bits per heavy atom. The smallest absolute Gasteiger partial charge is 0.174 e. The molecule has 1 aromatic carbocycles. The van der Waals surface area contributed by atoms with E-state index in [2.05, 4.69) is 22.4 Å². The van der Waals surface area contributed by atoms with Crippen molar-refractivity contribution in [3.8, 4) is 11.8 Å². The Morgan fingerprint density at radius 3 is 2.75 bits per heavy atom. The van der Waals surface area contributed by atoms with E-state index in [-0.39, 0.29) is 12.6 Å². The van der Waals surface area contributed by atoms with Gasteiger partial charge in [-0.15, -0.1) is 0 Å². The normalized spacial score (nSPS) is 11.6. The average Bonchev–Trinajstić information content (AvgIpc) is 2.52. The van der Waals surface area contributed by atoms with E-state index >= 15 is 0 Å². The lowest BCUT2D eigenvalue weighted by molar-refractivity contribution is 0.368. The molecule has 102 valence electrons. The van der Waals surface area contributed by atoms with E-state index in [1.807, 2.05) is 42.5 Å². The van der Waals surface area contributed by atoms with E-state index in [1.54, 1.807) is 6.20 Å². The van der Waals surface area contributed by atoms with E-state index in [1.165, 1.54) is 0 Å². The van der Waals surface area contributed by atoms with Crippen LogP contribution in [0.25, 0.3) is 0 Å². The van der Waals surface area contributed by atoms with Crippen molar-refractivity contribution in [2.24, 2.45) is 0 Å². The maximum atomic E-state index is 8.45. The van der Waals surface area contributed by atoms with Crippen LogP contribution in [0.4, 0.5) is 0 Å². The molecule has 0 aliphatic heterocycles. The Bertz CT molecular complexity index is 563. The van der Waals surface area contributed by atoms with Gasteiger partial charge in [-0.25, -0.2) is 0 Å². The molecule has 20 heavy (non-hydrogen) atoms. The predicted molar refractivity (Wildman–Crippen MR) is 74.8 cm³/mol. The monoisotopic (exact) mass is 268 g/mol. The van der Waals surface area contributed by atoms with Gasteiger partial charge in [0, 0.05) is 18.8 Å². The van der Waals surface area contributed by atoms with E-state index in [9.17, 15) is 0 Å². The molecule has 0 bridgehead atoms. The lowest BCUT2D eigenvalue weighted by Gasteiger charge is -2.14. The number of aromatic nitrogens is 2. The van der Waals surface area contributed by atoms with Crippen LogP contribution in [0, 0.1) is 11.3 Å². The summed E-state index contributed by atoms with van der Waals surface area (Å²) in [4.78, 5) is 0. The summed E-state index contributed by atoms with van der Waals surface area (Å²) in [7, 11) is 0. The van der Waals surface area contributed by atoms with E-state index in [4.69, 9.17) is 10.00 Å². The van der Waals surface area contributed by atoms with Gasteiger partial charge in [0.2, 0.25) is 0 Å². The lowest BCUT2D eigenvalue weighted by Crippen LogP contribution is -2.18. The number of nitriles is 1. The van der Waals surface area contributed by atoms with Crippen LogP contribution in [0.1, 0.15) is 24.2 Å². The third kappa shape index (κ3) is 4.04. The molecule has 0 fully saturated rings. The largest absolute Gasteiger partial charge is 0.479 e. The number of ether oxygens (including phenoxy) is 1. The zero-order valence-electron chi connectivity index (χ0n) is 11.3. The van der Waals surface area contributed by atoms with Crippen LogP contribution < -0.4 is 10.1 Å². The van der Waals surface area contributed by atoms with Crippen LogP contribution in [0.5, 0.6) is 5.75 Å². The molecule has 0 amide bonds. The first kappa shape index (κ1) is 14.0. The highest BCUT2D eigenvalue weighted by Gasteiger charge is 2.05. The summed E-state index contributed by atoms with van der Waals surface area (Å²) in [5.74, 6) is 0.705. The van der Waals surface area contributed by atoms with Gasteiger partial charge in [-0.1, -0.05) is 12.1 Å². The highest BCUT2D eigenvalue weighted by atomic mass is 16.5. The minimum Gasteiger partial charge on any atom is -0.479 e. The zero-order chi connectivity index (χ0) is 14.2. The molecular formula is C15H16N4O. The highest BCUT2D eigenvalue weighted by molar-refractivity contribution is 5.29. The average molecular weight is 268 g/mol. The molecule has 1 aromatic heterocycles. The molecule has 1 atom stereocenters. The summed E-state index contributed by atoms with van der Waals surface area (Å²) in [6.45, 7) is 2.82. The van der Waals surface area contributed by atoms with E-state index in [0.29, 0.717) is 12.3 Å². The molecule has 2 rings (SSSR count). The number of nitrogens with one attached hydrogen (secondary N) is 1. The van der Waals surface area contributed by atoms with Gasteiger partial charge in [-0.2, -0.15) is 15.5 Å². The molecule has 1 unspecified atom stereocenters. The van der Waals surface area contributed by atoms with Gasteiger partial charge in [0.1, 0.15) is 11.8 Å². The molecule has 5 heteroatoms. The predicted octanol–water partition coefficient (Wildman–Crippen LogP) is 2.23. The van der Waals surface area contributed by atoms with Crippen LogP contribution in [0.2, 0.25) is 0 Å². The SMILES string of the molecule is CC(NCc1cccnn1)c1ccc(OCC#N)cc1. The quantitative estimate of drug-likeness (QED) is 0.870. The molecule has 2 aromatic rings. The third-order valence-electron chi connectivity index (χ3n) is 2.90. The van der Waals surface area contributed by atoms with Crippen molar-refractivity contribution in [3.05, 3.63) is 53.9 Å². The van der Waals surface area contributed by atoms with E-state index in [0.717, 1.165) is 11.3 Å². The number of rotatable bonds is 6. The Labute approximate surface area is 118 Å². The van der Waals surface area contributed by atoms with Crippen LogP contribution in [0.3, 0.4) is 0 Å². The molecule has 5 nitrogen and oxygen atoms in total. The van der Waals surface area contributed by atoms with Gasteiger partial charge in [0.05, 0.1) is 5.69 Å². The van der Waals surface area contributed by atoms with Gasteiger partial charge in [-0.05, 0) is 36.8 Å². The maximum Gasteiger partial charge on any atom is 0.174 e. The summed E-state index contributed by atoms with van der Waals surface area (Å²) in [6.07, 6.45) is 1.66. The minimum atomic E-state index is 0.0693. The van der Waals surface area contributed by atoms with Gasteiger partial charge in [-0.3, -0.25) is 0 Å². The fraction of sp³-hybridized carbons (Fsp3) is 0.267. The summed E-state index contributed by atoms with van der Waals surface area (Å²) < 4.78 is 5.22. The second kappa shape index (κ2) is 7.22. The lowest BCUT2D eigenvalue weighted by atomic mass is 10.1. The number of nitrogens with zero attached hydrogens (tertiary/aromatic N) is 3. The molecule has 1 N–H and O–H groups in total. The standard InChI is InChI=1S/C15H16N4O/c1-12(17-11-14-3-2-9-18-19-14)13-4-6-15(7-5-13)20-10-8-16/h2-7,9,12,17H,10-11H2,1H3. The molecule has 1 heterocycles. The third-order valence-corrected chi connectivity index (χ3v) is 2.90. The van der Waals surface area contributed by atoms with Crippen LogP contribution in [-0.4, -0.2) is 16.8 Å². The Kier molecular flexibility index (Phi) is 5.04. The van der Waals surface area contributed by atoms with Crippen molar-refractivity contribution in [2.45, 2.75) is 19.5 Å². The second-order valence-electron chi connectivity index (χ2n) is 4.33. The Hall–Kier alpha value is -2.45. The van der Waals surface area contributed by atoms with Crippen LogP contribution >= 0.6 is 0 Å². The number of hydrogen-bond acceptors (Lipinski definition) is 5.